The van der Waals surface area contributed by atoms with Gasteiger partial charge in [-0.2, -0.15) is 0 Å². The first kappa shape index (κ1) is 9.54. The second-order valence-corrected chi connectivity index (χ2v) is 4.37. The van der Waals surface area contributed by atoms with Crippen LogP contribution in [0.3, 0.4) is 0 Å². The van der Waals surface area contributed by atoms with Crippen LogP contribution in [0.2, 0.25) is 0 Å². The molecule has 0 heterocycles. The van der Waals surface area contributed by atoms with E-state index >= 15 is 0 Å². The van der Waals surface area contributed by atoms with Gasteiger partial charge >= 0.3 is 5.97 Å². The van der Waals surface area contributed by atoms with E-state index in [1.807, 2.05) is 6.08 Å². The zero-order valence-corrected chi connectivity index (χ0v) is 8.28. The van der Waals surface area contributed by atoms with Crippen molar-refractivity contribution in [2.24, 2.45) is 17.8 Å². The van der Waals surface area contributed by atoms with Crippen molar-refractivity contribution >= 4 is 5.97 Å². The molecule has 76 valence electrons. The number of aliphatic carboxylic acids is 1. The van der Waals surface area contributed by atoms with Crippen molar-refractivity contribution in [3.63, 3.8) is 0 Å². The normalized spacial score (nSPS) is 33.0. The number of carboxylic acid groups (broad SMARTS) is 1. The summed E-state index contributed by atoms with van der Waals surface area (Å²) in [7, 11) is 0. The first-order valence-corrected chi connectivity index (χ1v) is 5.40. The predicted molar refractivity (Wildman–Crippen MR) is 53.8 cm³/mol. The minimum atomic E-state index is -0.731. The van der Waals surface area contributed by atoms with Crippen LogP contribution in [0.15, 0.2) is 17.9 Å². The van der Waals surface area contributed by atoms with E-state index in [2.05, 4.69) is 11.8 Å². The van der Waals surface area contributed by atoms with E-state index in [-0.39, 0.29) is 6.42 Å². The van der Waals surface area contributed by atoms with Gasteiger partial charge in [-0.1, -0.05) is 0 Å². The molecule has 0 aromatic heterocycles. The van der Waals surface area contributed by atoms with Crippen LogP contribution in [-0.2, 0) is 4.79 Å². The van der Waals surface area contributed by atoms with Crippen molar-refractivity contribution in [1.29, 1.82) is 0 Å². The lowest BCUT2D eigenvalue weighted by Gasteiger charge is -2.51. The van der Waals surface area contributed by atoms with Crippen LogP contribution < -0.4 is 0 Å². The van der Waals surface area contributed by atoms with Crippen LogP contribution >= 0.6 is 0 Å². The number of rotatable bonds is 4. The van der Waals surface area contributed by atoms with Crippen molar-refractivity contribution in [2.75, 3.05) is 0 Å². The molecule has 0 spiro atoms. The summed E-state index contributed by atoms with van der Waals surface area (Å²) in [5.74, 6) is 1.97. The lowest BCUT2D eigenvalue weighted by atomic mass is 9.53. The van der Waals surface area contributed by atoms with E-state index in [0.29, 0.717) is 6.42 Å². The number of fused-ring (bicyclic) bond motifs is 1. The Morgan fingerprint density at radius 1 is 1.50 bits per heavy atom. The molecule has 0 bridgehead atoms. The zero-order chi connectivity index (χ0) is 9.97. The van der Waals surface area contributed by atoms with Gasteiger partial charge in [0, 0.05) is 6.42 Å². The Hall–Kier alpha value is -1.01. The van der Waals surface area contributed by atoms with E-state index < -0.39 is 5.97 Å². The van der Waals surface area contributed by atoms with Crippen molar-refractivity contribution < 1.29 is 9.90 Å². The Labute approximate surface area is 84.3 Å². The van der Waals surface area contributed by atoms with Crippen LogP contribution in [0.5, 0.6) is 0 Å². The summed E-state index contributed by atoms with van der Waals surface area (Å²) in [6.45, 7) is 0. The highest BCUT2D eigenvalue weighted by Gasteiger charge is 2.45. The number of carbonyl (C=O) groups is 1. The maximum absolute atomic E-state index is 10.2. The molecule has 2 aliphatic carbocycles. The molecule has 0 aromatic rings. The smallest absolute Gasteiger partial charge is 0.303 e. The topological polar surface area (TPSA) is 37.3 Å². The SMILES string of the molecule is O=C(O)CCC=C=C[C@@H]1CC2CC[C@@H]21. The van der Waals surface area contributed by atoms with E-state index in [0.717, 1.165) is 17.8 Å². The summed E-state index contributed by atoms with van der Waals surface area (Å²) < 4.78 is 0. The minimum Gasteiger partial charge on any atom is -0.481 e. The highest BCUT2D eigenvalue weighted by atomic mass is 16.4. The minimum absolute atomic E-state index is 0.220. The highest BCUT2D eigenvalue weighted by Crippen LogP contribution is 2.54. The maximum atomic E-state index is 10.2. The molecule has 0 aliphatic heterocycles. The third-order valence-corrected chi connectivity index (χ3v) is 3.53. The van der Waals surface area contributed by atoms with Crippen molar-refractivity contribution in [3.8, 4) is 0 Å². The van der Waals surface area contributed by atoms with Gasteiger partial charge in [0.15, 0.2) is 0 Å². The number of hydrogen-bond acceptors (Lipinski definition) is 1. The molecule has 2 nitrogen and oxygen atoms in total. The average molecular weight is 192 g/mol. The highest BCUT2D eigenvalue weighted by molar-refractivity contribution is 5.66. The van der Waals surface area contributed by atoms with Crippen molar-refractivity contribution in [3.05, 3.63) is 17.9 Å². The second-order valence-electron chi connectivity index (χ2n) is 4.37. The van der Waals surface area contributed by atoms with Crippen molar-refractivity contribution in [2.45, 2.75) is 32.1 Å². The van der Waals surface area contributed by atoms with Gasteiger partial charge in [-0.05, 0) is 55.6 Å². The molecule has 0 amide bonds. The van der Waals surface area contributed by atoms with Gasteiger partial charge in [0.25, 0.3) is 0 Å². The molecule has 2 heteroatoms. The second kappa shape index (κ2) is 4.02. The molecule has 2 aliphatic rings. The molecule has 2 rings (SSSR count). The fraction of sp³-hybridized carbons (Fsp3) is 0.667. The monoisotopic (exact) mass is 192 g/mol. The maximum Gasteiger partial charge on any atom is 0.303 e. The molecule has 0 aromatic carbocycles. The van der Waals surface area contributed by atoms with Crippen LogP contribution in [0, 0.1) is 17.8 Å². The molecule has 2 saturated carbocycles. The predicted octanol–water partition coefficient (Wildman–Crippen LogP) is 2.61. The summed E-state index contributed by atoms with van der Waals surface area (Å²) in [6.07, 6.45) is 8.97. The van der Waals surface area contributed by atoms with Crippen LogP contribution in [0.4, 0.5) is 0 Å². The molecule has 2 fully saturated rings. The first-order chi connectivity index (χ1) is 6.77. The van der Waals surface area contributed by atoms with E-state index in [9.17, 15) is 4.79 Å². The van der Waals surface area contributed by atoms with Crippen molar-refractivity contribution in [1.82, 2.24) is 0 Å². The summed E-state index contributed by atoms with van der Waals surface area (Å²) in [5.41, 5.74) is 3.11. The van der Waals surface area contributed by atoms with Gasteiger partial charge < -0.3 is 5.11 Å². The quantitative estimate of drug-likeness (QED) is 0.695. The van der Waals surface area contributed by atoms with Gasteiger partial charge in [0.1, 0.15) is 0 Å². The Balaban J connectivity index is 1.68. The average Bonchev–Trinajstić information content (AvgIpc) is 2.11. The fourth-order valence-corrected chi connectivity index (χ4v) is 2.44. The Morgan fingerprint density at radius 2 is 2.36 bits per heavy atom. The molecule has 14 heavy (non-hydrogen) atoms. The van der Waals surface area contributed by atoms with Gasteiger partial charge in [-0.3, -0.25) is 4.79 Å². The third-order valence-electron chi connectivity index (χ3n) is 3.53. The Bertz CT molecular complexity index is 287. The lowest BCUT2D eigenvalue weighted by Crippen LogP contribution is -2.43. The van der Waals surface area contributed by atoms with Gasteiger partial charge in [0.2, 0.25) is 0 Å². The summed E-state index contributed by atoms with van der Waals surface area (Å²) in [4.78, 5) is 10.2. The van der Waals surface area contributed by atoms with E-state index in [1.165, 1.54) is 19.3 Å². The number of hydrogen-bond donors (Lipinski definition) is 1. The van der Waals surface area contributed by atoms with Gasteiger partial charge in [-0.25, -0.2) is 0 Å². The summed E-state index contributed by atoms with van der Waals surface area (Å²) in [5, 5.41) is 8.41. The molecule has 1 N–H and O–H groups in total. The largest absolute Gasteiger partial charge is 0.481 e. The van der Waals surface area contributed by atoms with Gasteiger partial charge in [0.05, 0.1) is 0 Å². The molecular formula is C12H16O2. The summed E-state index contributed by atoms with van der Waals surface area (Å²) >= 11 is 0. The molecule has 1 unspecified atom stereocenters. The molecule has 0 radical (unpaired) electrons. The molecule has 3 atom stereocenters. The van der Waals surface area contributed by atoms with Crippen LogP contribution in [-0.4, -0.2) is 11.1 Å². The lowest BCUT2D eigenvalue weighted by molar-refractivity contribution is -0.136. The molecule has 0 saturated heterocycles. The first-order valence-electron chi connectivity index (χ1n) is 5.40. The standard InChI is InChI=1S/C12H16O2/c13-12(14)5-3-1-2-4-9-8-10-6-7-11(9)10/h1,4,9-11H,3,5-8H2,(H,13,14)/t2?,9-,10?,11-/m1/s1. The Kier molecular flexibility index (Phi) is 2.74. The fourth-order valence-electron chi connectivity index (χ4n) is 2.44. The molecular weight excluding hydrogens is 176 g/mol. The third kappa shape index (κ3) is 1.91. The van der Waals surface area contributed by atoms with E-state index in [4.69, 9.17) is 5.11 Å². The summed E-state index contributed by atoms with van der Waals surface area (Å²) in [6, 6.07) is 0. The van der Waals surface area contributed by atoms with Crippen LogP contribution in [0.25, 0.3) is 0 Å². The van der Waals surface area contributed by atoms with E-state index in [1.54, 1.807) is 0 Å². The Morgan fingerprint density at radius 3 is 2.86 bits per heavy atom. The number of allylic oxidation sites excluding steroid dienone is 1. The number of carboxylic acids is 1. The van der Waals surface area contributed by atoms with Crippen LogP contribution in [0.1, 0.15) is 32.1 Å². The van der Waals surface area contributed by atoms with Gasteiger partial charge in [-0.15, -0.1) is 5.73 Å². The zero-order valence-electron chi connectivity index (χ0n) is 8.28.